The van der Waals surface area contributed by atoms with E-state index in [1.54, 1.807) is 0 Å². The van der Waals surface area contributed by atoms with Crippen molar-refractivity contribution in [2.24, 2.45) is 0 Å². The predicted molar refractivity (Wildman–Crippen MR) is 65.1 cm³/mol. The van der Waals surface area contributed by atoms with Crippen LogP contribution in [0.3, 0.4) is 0 Å². The van der Waals surface area contributed by atoms with Gasteiger partial charge in [0.2, 0.25) is 11.7 Å². The molecule has 6 nitrogen and oxygen atoms in total. The molecule has 1 N–H and O–H groups in total. The van der Waals surface area contributed by atoms with E-state index in [0.29, 0.717) is 11.7 Å². The van der Waals surface area contributed by atoms with Crippen LogP contribution >= 0.6 is 0 Å². The molecule has 18 heavy (non-hydrogen) atoms. The molecule has 2 saturated heterocycles. The van der Waals surface area contributed by atoms with Gasteiger partial charge in [-0.15, -0.1) is 0 Å². The Hall–Kier alpha value is -0.980. The van der Waals surface area contributed by atoms with Crippen molar-refractivity contribution in [1.82, 2.24) is 20.4 Å². The van der Waals surface area contributed by atoms with Crippen molar-refractivity contribution in [2.75, 3.05) is 33.3 Å². The molecule has 1 aromatic rings. The maximum atomic E-state index is 5.69. The van der Waals surface area contributed by atoms with Crippen LogP contribution in [0, 0.1) is 0 Å². The zero-order valence-corrected chi connectivity index (χ0v) is 10.8. The molecule has 0 aromatic carbocycles. The van der Waals surface area contributed by atoms with Crippen molar-refractivity contribution in [3.8, 4) is 0 Å². The summed E-state index contributed by atoms with van der Waals surface area (Å²) in [6.07, 6.45) is 3.48. The average Bonchev–Trinajstić information content (AvgIpc) is 2.89. The molecule has 100 valence electrons. The van der Waals surface area contributed by atoms with Gasteiger partial charge in [0.15, 0.2) is 0 Å². The van der Waals surface area contributed by atoms with E-state index in [-0.39, 0.29) is 12.1 Å². The standard InChI is InChI=1S/C12H20N4O2/c1-16-6-7-17-10(8-16)11-14-12(18-15-11)9-4-2-3-5-13-9/h9-10,13H,2-8H2,1H3. The average molecular weight is 252 g/mol. The Kier molecular flexibility index (Phi) is 3.58. The lowest BCUT2D eigenvalue weighted by Crippen LogP contribution is -2.35. The Labute approximate surface area is 107 Å². The highest BCUT2D eigenvalue weighted by atomic mass is 16.5. The second-order valence-electron chi connectivity index (χ2n) is 5.11. The maximum Gasteiger partial charge on any atom is 0.243 e. The first-order valence-corrected chi connectivity index (χ1v) is 6.70. The van der Waals surface area contributed by atoms with Crippen molar-refractivity contribution in [3.05, 3.63) is 11.7 Å². The lowest BCUT2D eigenvalue weighted by molar-refractivity contribution is -0.0264. The van der Waals surface area contributed by atoms with E-state index in [9.17, 15) is 0 Å². The van der Waals surface area contributed by atoms with Crippen LogP contribution < -0.4 is 5.32 Å². The Morgan fingerprint density at radius 3 is 3.11 bits per heavy atom. The fraction of sp³-hybridized carbons (Fsp3) is 0.833. The molecule has 3 heterocycles. The van der Waals surface area contributed by atoms with E-state index in [1.807, 2.05) is 0 Å². The fourth-order valence-electron chi connectivity index (χ4n) is 2.52. The third kappa shape index (κ3) is 2.55. The minimum atomic E-state index is -0.0511. The van der Waals surface area contributed by atoms with Gasteiger partial charge in [0, 0.05) is 13.1 Å². The zero-order chi connectivity index (χ0) is 12.4. The number of nitrogens with one attached hydrogen (secondary N) is 1. The molecule has 2 atom stereocenters. The number of rotatable bonds is 2. The minimum Gasteiger partial charge on any atom is -0.367 e. The number of morpholine rings is 1. The molecule has 0 radical (unpaired) electrons. The molecule has 1 aromatic heterocycles. The Bertz CT molecular complexity index is 389. The molecule has 2 aliphatic heterocycles. The molecule has 2 fully saturated rings. The number of piperidine rings is 1. The van der Waals surface area contributed by atoms with Crippen LogP contribution in [0.1, 0.15) is 43.1 Å². The predicted octanol–water partition coefficient (Wildman–Crippen LogP) is 0.887. The number of ether oxygens (including phenoxy) is 1. The molecule has 0 saturated carbocycles. The van der Waals surface area contributed by atoms with E-state index in [2.05, 4.69) is 27.4 Å². The SMILES string of the molecule is CN1CCOC(c2noc(C3CCCCN3)n2)C1. The summed E-state index contributed by atoms with van der Waals surface area (Å²) < 4.78 is 11.1. The molecular weight excluding hydrogens is 232 g/mol. The van der Waals surface area contributed by atoms with E-state index >= 15 is 0 Å². The zero-order valence-electron chi connectivity index (χ0n) is 10.8. The van der Waals surface area contributed by atoms with Gasteiger partial charge in [-0.1, -0.05) is 11.6 Å². The fourth-order valence-corrected chi connectivity index (χ4v) is 2.52. The highest BCUT2D eigenvalue weighted by Gasteiger charge is 2.27. The number of likely N-dealkylation sites (N-methyl/N-ethyl adjacent to an activating group) is 1. The quantitative estimate of drug-likeness (QED) is 0.843. The lowest BCUT2D eigenvalue weighted by Gasteiger charge is -2.27. The monoisotopic (exact) mass is 252 g/mol. The molecule has 2 aliphatic rings. The first kappa shape index (κ1) is 12.1. The summed E-state index contributed by atoms with van der Waals surface area (Å²) in [6, 6.07) is 0.223. The van der Waals surface area contributed by atoms with Crippen molar-refractivity contribution in [1.29, 1.82) is 0 Å². The van der Waals surface area contributed by atoms with Gasteiger partial charge in [0.25, 0.3) is 0 Å². The van der Waals surface area contributed by atoms with Gasteiger partial charge >= 0.3 is 0 Å². The van der Waals surface area contributed by atoms with Crippen molar-refractivity contribution in [2.45, 2.75) is 31.4 Å². The Balaban J connectivity index is 1.68. The molecule has 0 bridgehead atoms. The van der Waals surface area contributed by atoms with Crippen LogP contribution in [-0.2, 0) is 4.74 Å². The van der Waals surface area contributed by atoms with E-state index in [1.165, 1.54) is 12.8 Å². The van der Waals surface area contributed by atoms with Crippen molar-refractivity contribution >= 4 is 0 Å². The third-order valence-electron chi connectivity index (χ3n) is 3.62. The summed E-state index contributed by atoms with van der Waals surface area (Å²) in [5.74, 6) is 1.39. The lowest BCUT2D eigenvalue weighted by atomic mass is 10.1. The second kappa shape index (κ2) is 5.34. The van der Waals surface area contributed by atoms with Gasteiger partial charge in [0.05, 0.1) is 12.6 Å². The van der Waals surface area contributed by atoms with E-state index < -0.39 is 0 Å². The molecule has 0 aliphatic carbocycles. The van der Waals surface area contributed by atoms with Gasteiger partial charge in [-0.2, -0.15) is 4.98 Å². The minimum absolute atomic E-state index is 0.0511. The van der Waals surface area contributed by atoms with Crippen LogP contribution in [0.2, 0.25) is 0 Å². The van der Waals surface area contributed by atoms with Gasteiger partial charge in [-0.05, 0) is 26.4 Å². The van der Waals surface area contributed by atoms with Gasteiger partial charge in [0.1, 0.15) is 6.10 Å². The molecule has 3 rings (SSSR count). The van der Waals surface area contributed by atoms with Crippen molar-refractivity contribution in [3.63, 3.8) is 0 Å². The first-order chi connectivity index (χ1) is 8.83. The molecule has 0 amide bonds. The summed E-state index contributed by atoms with van der Waals surface area (Å²) in [6.45, 7) is 3.56. The summed E-state index contributed by atoms with van der Waals surface area (Å²) in [5.41, 5.74) is 0. The van der Waals surface area contributed by atoms with Crippen LogP contribution in [0.5, 0.6) is 0 Å². The smallest absolute Gasteiger partial charge is 0.243 e. The number of hydrogen-bond donors (Lipinski definition) is 1. The maximum absolute atomic E-state index is 5.69. The first-order valence-electron chi connectivity index (χ1n) is 6.70. The largest absolute Gasteiger partial charge is 0.367 e. The highest BCUT2D eigenvalue weighted by Crippen LogP contribution is 2.24. The molecule has 2 unspecified atom stereocenters. The Morgan fingerprint density at radius 1 is 1.39 bits per heavy atom. The van der Waals surface area contributed by atoms with Gasteiger partial charge in [-0.3, -0.25) is 0 Å². The highest BCUT2D eigenvalue weighted by molar-refractivity contribution is 4.98. The van der Waals surface area contributed by atoms with Gasteiger partial charge in [-0.25, -0.2) is 0 Å². The molecule has 0 spiro atoms. The molecule has 6 heteroatoms. The second-order valence-corrected chi connectivity index (χ2v) is 5.11. The van der Waals surface area contributed by atoms with Gasteiger partial charge < -0.3 is 19.5 Å². The van der Waals surface area contributed by atoms with Crippen LogP contribution in [0.4, 0.5) is 0 Å². The van der Waals surface area contributed by atoms with Crippen molar-refractivity contribution < 1.29 is 9.26 Å². The Morgan fingerprint density at radius 2 is 2.33 bits per heavy atom. The third-order valence-corrected chi connectivity index (χ3v) is 3.62. The normalized spacial score (nSPS) is 30.5. The number of nitrogens with zero attached hydrogens (tertiary/aromatic N) is 3. The molecular formula is C12H20N4O2. The summed E-state index contributed by atoms with van der Waals surface area (Å²) in [5, 5.41) is 7.48. The number of hydrogen-bond acceptors (Lipinski definition) is 6. The number of aromatic nitrogens is 2. The van der Waals surface area contributed by atoms with Crippen LogP contribution in [-0.4, -0.2) is 48.3 Å². The summed E-state index contributed by atoms with van der Waals surface area (Å²) in [7, 11) is 2.08. The summed E-state index contributed by atoms with van der Waals surface area (Å²) in [4.78, 5) is 6.73. The van der Waals surface area contributed by atoms with E-state index in [4.69, 9.17) is 9.26 Å². The topological polar surface area (TPSA) is 63.4 Å². The van der Waals surface area contributed by atoms with E-state index in [0.717, 1.165) is 32.7 Å². The van der Waals surface area contributed by atoms with Crippen LogP contribution in [0.15, 0.2) is 4.52 Å². The van der Waals surface area contributed by atoms with Crippen LogP contribution in [0.25, 0.3) is 0 Å². The summed E-state index contributed by atoms with van der Waals surface area (Å²) >= 11 is 0.